The summed E-state index contributed by atoms with van der Waals surface area (Å²) in [5.41, 5.74) is 2.88. The van der Waals surface area contributed by atoms with Gasteiger partial charge in [-0.25, -0.2) is 4.98 Å². The molecular formula is C21H26N4O2S. The Morgan fingerprint density at radius 1 is 1.18 bits per heavy atom. The molecular weight excluding hydrogens is 372 g/mol. The molecule has 0 atom stereocenters. The molecule has 0 aliphatic heterocycles. The van der Waals surface area contributed by atoms with Gasteiger partial charge in [-0.3, -0.25) is 14.5 Å². The first-order valence-electron chi connectivity index (χ1n) is 9.47. The van der Waals surface area contributed by atoms with Crippen molar-refractivity contribution in [2.45, 2.75) is 33.9 Å². The van der Waals surface area contributed by atoms with Gasteiger partial charge in [-0.15, -0.1) is 11.3 Å². The van der Waals surface area contributed by atoms with E-state index in [9.17, 15) is 9.59 Å². The van der Waals surface area contributed by atoms with Gasteiger partial charge in [-0.2, -0.15) is 0 Å². The second-order valence-corrected chi connectivity index (χ2v) is 7.86. The van der Waals surface area contributed by atoms with Gasteiger partial charge in [0.15, 0.2) is 0 Å². The minimum Gasteiger partial charge on any atom is -0.347 e. The molecule has 2 heterocycles. The molecule has 0 saturated heterocycles. The SMILES string of the molecule is CCN(CC)Cc1ccc(CNC(=O)c2sc3ncn(C)c(=O)c3c2C)cc1. The molecule has 3 aromatic rings. The zero-order valence-corrected chi connectivity index (χ0v) is 17.6. The van der Waals surface area contributed by atoms with Crippen LogP contribution in [0.5, 0.6) is 0 Å². The number of aryl methyl sites for hydroxylation is 2. The highest BCUT2D eigenvalue weighted by atomic mass is 32.1. The molecule has 148 valence electrons. The summed E-state index contributed by atoms with van der Waals surface area (Å²) in [6, 6.07) is 8.32. The lowest BCUT2D eigenvalue weighted by Gasteiger charge is -2.18. The van der Waals surface area contributed by atoms with Crippen molar-refractivity contribution >= 4 is 27.5 Å². The van der Waals surface area contributed by atoms with E-state index in [-0.39, 0.29) is 11.5 Å². The van der Waals surface area contributed by atoms with Crippen LogP contribution in [0.1, 0.15) is 40.2 Å². The summed E-state index contributed by atoms with van der Waals surface area (Å²) in [6.45, 7) is 9.57. The van der Waals surface area contributed by atoms with Gasteiger partial charge in [0.1, 0.15) is 4.83 Å². The molecule has 0 aliphatic rings. The molecule has 0 unspecified atom stereocenters. The first kappa shape index (κ1) is 20.2. The number of carbonyl (C=O) groups excluding carboxylic acids is 1. The van der Waals surface area contributed by atoms with E-state index < -0.39 is 0 Å². The number of thiophene rings is 1. The first-order valence-corrected chi connectivity index (χ1v) is 10.3. The summed E-state index contributed by atoms with van der Waals surface area (Å²) in [5, 5.41) is 3.49. The van der Waals surface area contributed by atoms with Gasteiger partial charge in [-0.05, 0) is 36.7 Å². The van der Waals surface area contributed by atoms with Crippen molar-refractivity contribution in [3.63, 3.8) is 0 Å². The van der Waals surface area contributed by atoms with Crippen LogP contribution < -0.4 is 10.9 Å². The lowest BCUT2D eigenvalue weighted by atomic mass is 10.1. The highest BCUT2D eigenvalue weighted by Gasteiger charge is 2.18. The van der Waals surface area contributed by atoms with Crippen LogP contribution in [0.4, 0.5) is 0 Å². The Morgan fingerprint density at radius 3 is 2.46 bits per heavy atom. The Morgan fingerprint density at radius 2 is 1.82 bits per heavy atom. The number of benzene rings is 1. The van der Waals surface area contributed by atoms with Crippen LogP contribution in [-0.4, -0.2) is 33.4 Å². The fraction of sp³-hybridized carbons (Fsp3) is 0.381. The third kappa shape index (κ3) is 4.15. The molecule has 1 N–H and O–H groups in total. The molecule has 1 aromatic carbocycles. The molecule has 0 saturated carbocycles. The van der Waals surface area contributed by atoms with Crippen LogP contribution in [0.2, 0.25) is 0 Å². The topological polar surface area (TPSA) is 67.2 Å². The maximum Gasteiger partial charge on any atom is 0.262 e. The van der Waals surface area contributed by atoms with Gasteiger partial charge < -0.3 is 9.88 Å². The zero-order valence-electron chi connectivity index (χ0n) is 16.8. The molecule has 28 heavy (non-hydrogen) atoms. The Labute approximate surface area is 168 Å². The standard InChI is InChI=1S/C21H26N4O2S/c1-5-25(6-2)12-16-9-7-15(8-10-16)11-22-19(26)18-14(3)17-20(28-18)23-13-24(4)21(17)27/h7-10,13H,5-6,11-12H2,1-4H3,(H,22,26). The number of hydrogen-bond donors (Lipinski definition) is 1. The number of aromatic nitrogens is 2. The summed E-state index contributed by atoms with van der Waals surface area (Å²) in [5.74, 6) is -0.172. The van der Waals surface area contributed by atoms with Crippen molar-refractivity contribution in [2.24, 2.45) is 7.05 Å². The number of rotatable bonds is 7. The normalized spacial score (nSPS) is 11.3. The average molecular weight is 399 g/mol. The number of amides is 1. The third-order valence-corrected chi connectivity index (χ3v) is 6.19. The Balaban J connectivity index is 1.69. The van der Waals surface area contributed by atoms with Crippen LogP contribution in [0.15, 0.2) is 35.4 Å². The monoisotopic (exact) mass is 398 g/mol. The second-order valence-electron chi connectivity index (χ2n) is 6.86. The zero-order chi connectivity index (χ0) is 20.3. The molecule has 0 radical (unpaired) electrons. The molecule has 1 amide bonds. The number of nitrogens with zero attached hydrogens (tertiary/aromatic N) is 3. The predicted octanol–water partition coefficient (Wildman–Crippen LogP) is 3.08. The summed E-state index contributed by atoms with van der Waals surface area (Å²) < 4.78 is 1.43. The van der Waals surface area contributed by atoms with Crippen LogP contribution in [-0.2, 0) is 20.1 Å². The molecule has 0 aliphatic carbocycles. The predicted molar refractivity (Wildman–Crippen MR) is 114 cm³/mol. The number of hydrogen-bond acceptors (Lipinski definition) is 5. The fourth-order valence-corrected chi connectivity index (χ4v) is 4.21. The highest BCUT2D eigenvalue weighted by molar-refractivity contribution is 7.20. The van der Waals surface area contributed by atoms with E-state index in [4.69, 9.17) is 0 Å². The van der Waals surface area contributed by atoms with Gasteiger partial charge >= 0.3 is 0 Å². The molecule has 7 heteroatoms. The first-order chi connectivity index (χ1) is 13.4. The van der Waals surface area contributed by atoms with Crippen molar-refractivity contribution in [1.82, 2.24) is 19.8 Å². The van der Waals surface area contributed by atoms with Crippen molar-refractivity contribution in [1.29, 1.82) is 0 Å². The molecule has 2 aromatic heterocycles. The van der Waals surface area contributed by atoms with Gasteiger partial charge in [-0.1, -0.05) is 38.1 Å². The van der Waals surface area contributed by atoms with E-state index in [1.165, 1.54) is 27.8 Å². The third-order valence-electron chi connectivity index (χ3n) is 4.99. The molecule has 0 spiro atoms. The molecule has 0 fully saturated rings. The summed E-state index contributed by atoms with van der Waals surface area (Å²) >= 11 is 1.26. The molecule has 3 rings (SSSR count). The largest absolute Gasteiger partial charge is 0.347 e. The van der Waals surface area contributed by atoms with E-state index in [2.05, 4.69) is 41.2 Å². The smallest absolute Gasteiger partial charge is 0.262 e. The lowest BCUT2D eigenvalue weighted by molar-refractivity contribution is 0.0954. The average Bonchev–Trinajstić information content (AvgIpc) is 3.05. The van der Waals surface area contributed by atoms with Crippen LogP contribution in [0, 0.1) is 6.92 Å². The van der Waals surface area contributed by atoms with Crippen LogP contribution in [0.25, 0.3) is 10.2 Å². The lowest BCUT2D eigenvalue weighted by Crippen LogP contribution is -2.23. The summed E-state index contributed by atoms with van der Waals surface area (Å²) in [7, 11) is 1.66. The van der Waals surface area contributed by atoms with Gasteiger partial charge in [0.05, 0.1) is 16.6 Å². The van der Waals surface area contributed by atoms with Crippen molar-refractivity contribution in [2.75, 3.05) is 13.1 Å². The Bertz CT molecular complexity index is 1030. The van der Waals surface area contributed by atoms with Crippen molar-refractivity contribution < 1.29 is 4.79 Å². The molecule has 6 nitrogen and oxygen atoms in total. The minimum absolute atomic E-state index is 0.124. The van der Waals surface area contributed by atoms with Gasteiger partial charge in [0.2, 0.25) is 0 Å². The maximum atomic E-state index is 12.7. The van der Waals surface area contributed by atoms with Crippen LogP contribution in [0.3, 0.4) is 0 Å². The fourth-order valence-electron chi connectivity index (χ4n) is 3.16. The Hall–Kier alpha value is -2.51. The summed E-state index contributed by atoms with van der Waals surface area (Å²) in [4.78, 5) is 32.7. The molecule has 0 bridgehead atoms. The van der Waals surface area contributed by atoms with Gasteiger partial charge in [0.25, 0.3) is 11.5 Å². The number of nitrogens with one attached hydrogen (secondary N) is 1. The van der Waals surface area contributed by atoms with Gasteiger partial charge in [0, 0.05) is 20.1 Å². The van der Waals surface area contributed by atoms with E-state index >= 15 is 0 Å². The summed E-state index contributed by atoms with van der Waals surface area (Å²) in [6.07, 6.45) is 1.49. The quantitative estimate of drug-likeness (QED) is 0.664. The Kier molecular flexibility index (Phi) is 6.26. The number of carbonyl (C=O) groups is 1. The minimum atomic E-state index is -0.172. The highest BCUT2D eigenvalue weighted by Crippen LogP contribution is 2.26. The van der Waals surface area contributed by atoms with Crippen molar-refractivity contribution in [3.8, 4) is 0 Å². The van der Waals surface area contributed by atoms with E-state index in [0.717, 1.165) is 25.2 Å². The maximum absolute atomic E-state index is 12.7. The van der Waals surface area contributed by atoms with Crippen LogP contribution >= 0.6 is 11.3 Å². The number of fused-ring (bicyclic) bond motifs is 1. The van der Waals surface area contributed by atoms with Crippen molar-refractivity contribution in [3.05, 3.63) is 62.5 Å². The van der Waals surface area contributed by atoms with E-state index in [1.54, 1.807) is 14.0 Å². The van der Waals surface area contributed by atoms with E-state index in [0.29, 0.717) is 27.2 Å². The second kappa shape index (κ2) is 8.67. The van der Waals surface area contributed by atoms with E-state index in [1.807, 2.05) is 12.1 Å².